The van der Waals surface area contributed by atoms with Crippen molar-refractivity contribution in [3.05, 3.63) is 66.0 Å². The van der Waals surface area contributed by atoms with E-state index in [2.05, 4.69) is 15.2 Å². The van der Waals surface area contributed by atoms with Gasteiger partial charge in [0.1, 0.15) is 0 Å². The molecule has 1 aliphatic heterocycles. The fourth-order valence-electron chi connectivity index (χ4n) is 3.23. The topological polar surface area (TPSA) is 65.5 Å². The molecule has 2 amide bonds. The van der Waals surface area contributed by atoms with E-state index in [9.17, 15) is 9.59 Å². The molecule has 0 spiro atoms. The normalized spacial score (nSPS) is 16.0. The van der Waals surface area contributed by atoms with Gasteiger partial charge in [-0.15, -0.1) is 0 Å². The summed E-state index contributed by atoms with van der Waals surface area (Å²) in [5, 5.41) is 2.84. The summed E-state index contributed by atoms with van der Waals surface area (Å²) in [6, 6.07) is 15.3. The molecule has 1 unspecified atom stereocenters. The summed E-state index contributed by atoms with van der Waals surface area (Å²) in [4.78, 5) is 33.6. The summed E-state index contributed by atoms with van der Waals surface area (Å²) in [5.41, 5.74) is 1.78. The van der Waals surface area contributed by atoms with Gasteiger partial charge in [-0.25, -0.2) is 0 Å². The van der Waals surface area contributed by atoms with Crippen molar-refractivity contribution >= 4 is 11.8 Å². The number of nitrogens with one attached hydrogen (secondary N) is 1. The van der Waals surface area contributed by atoms with Crippen LogP contribution in [-0.2, 0) is 16.0 Å². The van der Waals surface area contributed by atoms with Crippen molar-refractivity contribution in [1.82, 2.24) is 20.1 Å². The first kappa shape index (κ1) is 19.0. The van der Waals surface area contributed by atoms with E-state index in [1.54, 1.807) is 6.20 Å². The second kappa shape index (κ2) is 9.28. The van der Waals surface area contributed by atoms with Gasteiger partial charge < -0.3 is 15.1 Å². The van der Waals surface area contributed by atoms with Gasteiger partial charge in [0.15, 0.2) is 0 Å². The van der Waals surface area contributed by atoms with Crippen molar-refractivity contribution in [2.75, 3.05) is 39.8 Å². The zero-order valence-corrected chi connectivity index (χ0v) is 15.7. The molecule has 1 aromatic heterocycles. The molecule has 3 rings (SSSR count). The molecule has 142 valence electrons. The largest absolute Gasteiger partial charge is 0.346 e. The molecule has 2 heterocycles. The lowest BCUT2D eigenvalue weighted by atomic mass is 9.93. The highest BCUT2D eigenvalue weighted by atomic mass is 16.2. The lowest BCUT2D eigenvalue weighted by Crippen LogP contribution is -2.50. The van der Waals surface area contributed by atoms with E-state index in [1.165, 1.54) is 0 Å². The molecule has 0 bridgehead atoms. The van der Waals surface area contributed by atoms with Crippen LogP contribution in [0.25, 0.3) is 0 Å². The van der Waals surface area contributed by atoms with E-state index in [0.29, 0.717) is 19.5 Å². The summed E-state index contributed by atoms with van der Waals surface area (Å²) in [6.45, 7) is 3.19. The minimum atomic E-state index is -0.374. The number of rotatable bonds is 6. The average Bonchev–Trinajstić information content (AvgIpc) is 2.72. The Labute approximate surface area is 160 Å². The van der Waals surface area contributed by atoms with E-state index in [1.807, 2.05) is 60.5 Å². The summed E-state index contributed by atoms with van der Waals surface area (Å²) in [5.74, 6) is -0.545. The molecule has 0 aliphatic carbocycles. The van der Waals surface area contributed by atoms with Crippen LogP contribution >= 0.6 is 0 Å². The summed E-state index contributed by atoms with van der Waals surface area (Å²) < 4.78 is 0. The van der Waals surface area contributed by atoms with E-state index >= 15 is 0 Å². The molecule has 6 nitrogen and oxygen atoms in total. The summed E-state index contributed by atoms with van der Waals surface area (Å²) in [7, 11) is 2.05. The van der Waals surface area contributed by atoms with Crippen molar-refractivity contribution < 1.29 is 9.59 Å². The third-order valence-electron chi connectivity index (χ3n) is 4.93. The third kappa shape index (κ3) is 5.37. The number of piperazine rings is 1. The van der Waals surface area contributed by atoms with Gasteiger partial charge in [-0.05, 0) is 24.7 Å². The van der Waals surface area contributed by atoms with Crippen LogP contribution in [0.5, 0.6) is 0 Å². The lowest BCUT2D eigenvalue weighted by Gasteiger charge is -2.32. The zero-order chi connectivity index (χ0) is 19.1. The first-order valence-corrected chi connectivity index (χ1v) is 9.32. The number of carbonyl (C=O) groups excluding carboxylic acids is 2. The number of pyridine rings is 1. The Morgan fingerprint density at radius 1 is 1.04 bits per heavy atom. The van der Waals surface area contributed by atoms with E-state index in [0.717, 1.165) is 24.3 Å². The molecule has 1 saturated heterocycles. The molecule has 27 heavy (non-hydrogen) atoms. The Bertz CT molecular complexity index is 743. The van der Waals surface area contributed by atoms with E-state index < -0.39 is 0 Å². The van der Waals surface area contributed by atoms with Gasteiger partial charge in [0, 0.05) is 44.5 Å². The Kier molecular flexibility index (Phi) is 6.54. The van der Waals surface area contributed by atoms with Crippen LogP contribution in [-0.4, -0.2) is 66.4 Å². The third-order valence-corrected chi connectivity index (χ3v) is 4.93. The maximum atomic E-state index is 12.9. The number of amides is 2. The molecule has 1 fully saturated rings. The highest BCUT2D eigenvalue weighted by Gasteiger charge is 2.24. The number of benzene rings is 1. The van der Waals surface area contributed by atoms with Crippen molar-refractivity contribution in [3.63, 3.8) is 0 Å². The van der Waals surface area contributed by atoms with Gasteiger partial charge in [-0.2, -0.15) is 0 Å². The number of hydrogen-bond acceptors (Lipinski definition) is 4. The molecule has 0 saturated carbocycles. The fraction of sp³-hybridized carbons (Fsp3) is 0.381. The van der Waals surface area contributed by atoms with Crippen LogP contribution < -0.4 is 5.32 Å². The minimum Gasteiger partial charge on any atom is -0.346 e. The predicted octanol–water partition coefficient (Wildman–Crippen LogP) is 1.30. The number of carbonyl (C=O) groups is 2. The van der Waals surface area contributed by atoms with Crippen LogP contribution in [0.15, 0.2) is 54.7 Å². The molecular weight excluding hydrogens is 340 g/mol. The fourth-order valence-corrected chi connectivity index (χ4v) is 3.23. The van der Waals surface area contributed by atoms with Gasteiger partial charge in [0.05, 0.1) is 12.5 Å². The lowest BCUT2D eigenvalue weighted by molar-refractivity contribution is -0.134. The Hall–Kier alpha value is -2.73. The van der Waals surface area contributed by atoms with Crippen LogP contribution in [0.3, 0.4) is 0 Å². The molecule has 1 N–H and O–H groups in total. The second-order valence-corrected chi connectivity index (χ2v) is 6.89. The second-order valence-electron chi connectivity index (χ2n) is 6.89. The standard InChI is InChI=1S/C21H26N4O2/c1-24-11-13-25(14-12-24)20(26)16-23-21(27)19(17-7-3-2-4-8-17)15-18-9-5-6-10-22-18/h2-10,19H,11-16H2,1H3,(H,23,27). The number of aromatic nitrogens is 1. The molecule has 2 aromatic rings. The average molecular weight is 366 g/mol. The van der Waals surface area contributed by atoms with Gasteiger partial charge in [-0.1, -0.05) is 36.4 Å². The first-order valence-electron chi connectivity index (χ1n) is 9.32. The van der Waals surface area contributed by atoms with Crippen LogP contribution in [0, 0.1) is 0 Å². The quantitative estimate of drug-likeness (QED) is 0.837. The van der Waals surface area contributed by atoms with Gasteiger partial charge in [0.25, 0.3) is 0 Å². The van der Waals surface area contributed by atoms with Crippen molar-refractivity contribution in [1.29, 1.82) is 0 Å². The highest BCUT2D eigenvalue weighted by Crippen LogP contribution is 2.20. The molecule has 6 heteroatoms. The predicted molar refractivity (Wildman–Crippen MR) is 104 cm³/mol. The van der Waals surface area contributed by atoms with Crippen LogP contribution in [0.1, 0.15) is 17.2 Å². The van der Waals surface area contributed by atoms with Crippen LogP contribution in [0.4, 0.5) is 0 Å². The van der Waals surface area contributed by atoms with Gasteiger partial charge in [0.2, 0.25) is 11.8 Å². The highest BCUT2D eigenvalue weighted by molar-refractivity contribution is 5.88. The Balaban J connectivity index is 1.63. The summed E-state index contributed by atoms with van der Waals surface area (Å²) in [6.07, 6.45) is 2.23. The van der Waals surface area contributed by atoms with Crippen molar-refractivity contribution in [2.45, 2.75) is 12.3 Å². The van der Waals surface area contributed by atoms with E-state index in [4.69, 9.17) is 0 Å². The smallest absolute Gasteiger partial charge is 0.242 e. The van der Waals surface area contributed by atoms with Crippen LogP contribution in [0.2, 0.25) is 0 Å². The number of nitrogens with zero attached hydrogens (tertiary/aromatic N) is 3. The number of hydrogen-bond donors (Lipinski definition) is 1. The Morgan fingerprint density at radius 3 is 2.41 bits per heavy atom. The maximum Gasteiger partial charge on any atom is 0.242 e. The molecule has 1 aliphatic rings. The van der Waals surface area contributed by atoms with Gasteiger partial charge in [-0.3, -0.25) is 14.6 Å². The summed E-state index contributed by atoms with van der Waals surface area (Å²) >= 11 is 0. The number of likely N-dealkylation sites (N-methyl/N-ethyl adjacent to an activating group) is 1. The van der Waals surface area contributed by atoms with Crippen molar-refractivity contribution in [3.8, 4) is 0 Å². The first-order chi connectivity index (χ1) is 13.1. The minimum absolute atomic E-state index is 0.0268. The SMILES string of the molecule is CN1CCN(C(=O)CNC(=O)C(Cc2ccccn2)c2ccccc2)CC1. The monoisotopic (exact) mass is 366 g/mol. The molecular formula is C21H26N4O2. The van der Waals surface area contributed by atoms with Gasteiger partial charge >= 0.3 is 0 Å². The van der Waals surface area contributed by atoms with Crippen molar-refractivity contribution in [2.24, 2.45) is 0 Å². The zero-order valence-electron chi connectivity index (χ0n) is 15.7. The van der Waals surface area contributed by atoms with E-state index in [-0.39, 0.29) is 24.3 Å². The Morgan fingerprint density at radius 2 is 1.74 bits per heavy atom. The molecule has 0 radical (unpaired) electrons. The molecule has 1 aromatic carbocycles. The maximum absolute atomic E-state index is 12.9. The molecule has 1 atom stereocenters.